The van der Waals surface area contributed by atoms with Gasteiger partial charge >= 0.3 is 11.9 Å². The highest BCUT2D eigenvalue weighted by atomic mass is 32.1. The molecule has 3 amide bonds. The van der Waals surface area contributed by atoms with Crippen molar-refractivity contribution < 1.29 is 33.8 Å². The monoisotopic (exact) mass is 882 g/mol. The van der Waals surface area contributed by atoms with E-state index in [1.165, 1.54) is 18.3 Å². The van der Waals surface area contributed by atoms with E-state index in [1.807, 2.05) is 62.4 Å². The van der Waals surface area contributed by atoms with Crippen molar-refractivity contribution in [2.45, 2.75) is 156 Å². The van der Waals surface area contributed by atoms with Gasteiger partial charge in [-0.2, -0.15) is 0 Å². The van der Waals surface area contributed by atoms with Gasteiger partial charge in [-0.1, -0.05) is 77.2 Å². The quantitative estimate of drug-likeness (QED) is 0.0359. The van der Waals surface area contributed by atoms with Gasteiger partial charge in [0.15, 0.2) is 6.10 Å². The van der Waals surface area contributed by atoms with E-state index in [9.17, 15) is 29.1 Å². The number of likely N-dealkylation sites (tertiary alicyclic amines) is 1. The van der Waals surface area contributed by atoms with Crippen LogP contribution in [-0.4, -0.2) is 107 Å². The Morgan fingerprint density at radius 1 is 1.08 bits per heavy atom. The third kappa shape index (κ3) is 16.5. The highest BCUT2D eigenvalue weighted by Gasteiger charge is 2.38. The van der Waals surface area contributed by atoms with Gasteiger partial charge in [-0.3, -0.25) is 28.9 Å². The Morgan fingerprint density at radius 2 is 1.79 bits per heavy atom. The fourth-order valence-electron chi connectivity index (χ4n) is 7.94. The van der Waals surface area contributed by atoms with Gasteiger partial charge in [0, 0.05) is 43.5 Å². The maximum Gasteiger partial charge on any atom is 0.309 e. The van der Waals surface area contributed by atoms with Crippen LogP contribution in [0, 0.1) is 11.3 Å². The molecule has 5 N–H and O–H groups in total. The first-order chi connectivity index (χ1) is 29.4. The van der Waals surface area contributed by atoms with Gasteiger partial charge in [0.05, 0.1) is 29.7 Å². The predicted octanol–water partition coefficient (Wildman–Crippen LogP) is 6.87. The molecule has 2 heterocycles. The Hall–Kier alpha value is -4.18. The summed E-state index contributed by atoms with van der Waals surface area (Å²) < 4.78 is 5.97. The molecule has 15 heteroatoms. The molecule has 346 valence electrons. The fourth-order valence-corrected chi connectivity index (χ4v) is 8.80. The van der Waals surface area contributed by atoms with E-state index < -0.39 is 35.5 Å². The van der Waals surface area contributed by atoms with Crippen molar-refractivity contribution in [1.82, 2.24) is 30.7 Å². The average Bonchev–Trinajstić information content (AvgIpc) is 3.70. The topological polar surface area (TPSA) is 182 Å². The lowest BCUT2D eigenvalue weighted by molar-refractivity contribution is -0.149. The number of benzene rings is 1. The van der Waals surface area contributed by atoms with Crippen LogP contribution in [0.4, 0.5) is 5.69 Å². The molecular formula is C47H75N7O7S. The number of nitrogens with one attached hydrogen (secondary N) is 4. The second kappa shape index (κ2) is 25.8. The number of esters is 1. The number of hydrogen-bond acceptors (Lipinski definition) is 11. The summed E-state index contributed by atoms with van der Waals surface area (Å²) in [6, 6.07) is 5.75. The summed E-state index contributed by atoms with van der Waals surface area (Å²) in [7, 11) is 3.67. The van der Waals surface area contributed by atoms with Crippen molar-refractivity contribution in [1.29, 1.82) is 0 Å². The van der Waals surface area contributed by atoms with Crippen molar-refractivity contribution in [3.05, 3.63) is 58.1 Å². The lowest BCUT2D eigenvalue weighted by atomic mass is 9.84. The number of piperidine rings is 1. The van der Waals surface area contributed by atoms with Crippen LogP contribution in [-0.2, 0) is 41.7 Å². The molecule has 1 aliphatic rings. The number of carbonyl (C=O) groups excluding carboxylic acids is 4. The average molecular weight is 882 g/mol. The van der Waals surface area contributed by atoms with Crippen molar-refractivity contribution in [2.24, 2.45) is 11.3 Å². The molecule has 1 aromatic carbocycles. The Balaban J connectivity index is 1.89. The summed E-state index contributed by atoms with van der Waals surface area (Å²) in [5, 5.41) is 24.9. The number of hydrogen-bond donors (Lipinski definition) is 5. The van der Waals surface area contributed by atoms with Crippen LogP contribution in [0.5, 0.6) is 0 Å². The highest BCUT2D eigenvalue weighted by Crippen LogP contribution is 2.32. The molecule has 0 saturated carbocycles. The van der Waals surface area contributed by atoms with Crippen molar-refractivity contribution in [3.63, 3.8) is 0 Å². The van der Waals surface area contributed by atoms with Crippen LogP contribution in [0.3, 0.4) is 0 Å². The zero-order valence-electron chi connectivity index (χ0n) is 38.8. The molecule has 1 aromatic heterocycles. The Bertz CT molecular complexity index is 1770. The number of carboxylic acids is 1. The largest absolute Gasteiger partial charge is 0.481 e. The lowest BCUT2D eigenvalue weighted by Gasteiger charge is -2.39. The van der Waals surface area contributed by atoms with E-state index in [4.69, 9.17) is 9.72 Å². The molecule has 6 atom stereocenters. The van der Waals surface area contributed by atoms with Crippen LogP contribution in [0.25, 0.3) is 0 Å². The van der Waals surface area contributed by atoms with Gasteiger partial charge in [-0.05, 0) is 97.1 Å². The van der Waals surface area contributed by atoms with Crippen LogP contribution in [0.1, 0.15) is 135 Å². The van der Waals surface area contributed by atoms with E-state index in [1.54, 1.807) is 20.9 Å². The molecule has 0 aliphatic carbocycles. The van der Waals surface area contributed by atoms with Gasteiger partial charge in [0.25, 0.3) is 0 Å². The maximum atomic E-state index is 14.9. The molecule has 0 bridgehead atoms. The summed E-state index contributed by atoms with van der Waals surface area (Å²) in [5.41, 5.74) is 2.08. The standard InChI is InChI=1S/C47H75N7O7S/c1-11-13-14-16-24-54(45(58)42(32(5)12-2)52-43(57)38-18-15-17-23-53(38)10)39(31(3)4)26-40(61-33(6)55)44-51-37(30-62-44)28-49-36(27-47(7,8)46(59)60)25-34-19-21-35(22-20-34)50-41(56)29-48-9/h19-22,30,32,36,38-40,42,48-49H,3,11-18,23-29H2,1-2,4-10H3,(H,50,56)(H,52,57)(H,59,60)/t32-,36-,38+,39+,40+,42-/m0/s1. The Morgan fingerprint density at radius 3 is 2.39 bits per heavy atom. The van der Waals surface area contributed by atoms with Gasteiger partial charge in [-0.25, -0.2) is 4.98 Å². The number of carbonyl (C=O) groups is 5. The molecular weight excluding hydrogens is 807 g/mol. The molecule has 0 spiro atoms. The number of thiazole rings is 1. The summed E-state index contributed by atoms with van der Waals surface area (Å²) in [6.45, 7) is 19.0. The number of aliphatic carboxylic acids is 1. The van der Waals surface area contributed by atoms with Crippen LogP contribution in [0.15, 0.2) is 41.8 Å². The number of carboxylic acid groups (broad SMARTS) is 1. The van der Waals surface area contributed by atoms with Gasteiger partial charge in [0.2, 0.25) is 17.7 Å². The van der Waals surface area contributed by atoms with E-state index in [0.717, 1.165) is 62.6 Å². The number of ether oxygens (including phenoxy) is 1. The van der Waals surface area contributed by atoms with Gasteiger partial charge in [0.1, 0.15) is 11.0 Å². The highest BCUT2D eigenvalue weighted by molar-refractivity contribution is 7.09. The molecule has 0 unspecified atom stereocenters. The first kappa shape index (κ1) is 52.2. The molecule has 3 rings (SSSR count). The van der Waals surface area contributed by atoms with Crippen LogP contribution in [0.2, 0.25) is 0 Å². The molecule has 1 fully saturated rings. The molecule has 1 saturated heterocycles. The summed E-state index contributed by atoms with van der Waals surface area (Å²) >= 11 is 1.36. The Kier molecular flexibility index (Phi) is 21.7. The number of amides is 3. The second-order valence-electron chi connectivity index (χ2n) is 17.8. The maximum absolute atomic E-state index is 14.9. The SMILES string of the molecule is C=C(C)[C@@H](C[C@@H](OC(C)=O)c1nc(CN[C@@H](Cc2ccc(NC(=O)CNC)cc2)CC(C)(C)C(=O)O)cs1)N(CCCCCC)C(=O)[C@@H](NC(=O)[C@H]1CCCCN1C)[C@@H](C)CC. The molecule has 14 nitrogen and oxygen atoms in total. The van der Waals surface area contributed by atoms with Gasteiger partial charge in [-0.15, -0.1) is 11.3 Å². The first-order valence-electron chi connectivity index (χ1n) is 22.5. The molecule has 0 radical (unpaired) electrons. The van der Waals surface area contributed by atoms with E-state index >= 15 is 0 Å². The van der Waals surface area contributed by atoms with Crippen LogP contribution < -0.4 is 21.3 Å². The minimum absolute atomic E-state index is 0.122. The minimum atomic E-state index is -1.01. The number of anilines is 1. The minimum Gasteiger partial charge on any atom is -0.481 e. The fraction of sp³-hybridized carbons (Fsp3) is 0.660. The molecule has 62 heavy (non-hydrogen) atoms. The van der Waals surface area contributed by atoms with Crippen molar-refractivity contribution in [3.8, 4) is 0 Å². The van der Waals surface area contributed by atoms with Gasteiger partial charge < -0.3 is 36.0 Å². The summed E-state index contributed by atoms with van der Waals surface area (Å²) in [6.07, 6.45) is 7.59. The third-order valence-corrected chi connectivity index (χ3v) is 12.9. The second-order valence-corrected chi connectivity index (χ2v) is 18.7. The number of rotatable bonds is 27. The zero-order chi connectivity index (χ0) is 46.0. The van der Waals surface area contributed by atoms with Crippen molar-refractivity contribution >= 4 is 46.7 Å². The van der Waals surface area contributed by atoms with Crippen LogP contribution >= 0.6 is 11.3 Å². The van der Waals surface area contributed by atoms with E-state index in [-0.39, 0.29) is 48.7 Å². The Labute approximate surface area is 374 Å². The lowest BCUT2D eigenvalue weighted by Crippen LogP contribution is -2.58. The first-order valence-corrected chi connectivity index (χ1v) is 23.4. The van der Waals surface area contributed by atoms with E-state index in [0.29, 0.717) is 48.7 Å². The third-order valence-electron chi connectivity index (χ3n) is 11.9. The predicted molar refractivity (Wildman–Crippen MR) is 247 cm³/mol. The van der Waals surface area contributed by atoms with E-state index in [2.05, 4.69) is 39.7 Å². The number of nitrogens with zero attached hydrogens (tertiary/aromatic N) is 3. The number of likely N-dealkylation sites (N-methyl/N-ethyl adjacent to an activating group) is 2. The zero-order valence-corrected chi connectivity index (χ0v) is 39.6. The molecule has 1 aliphatic heterocycles. The normalized spacial score (nSPS) is 17.0. The van der Waals surface area contributed by atoms with Crippen molar-refractivity contribution in [2.75, 3.05) is 39.0 Å². The smallest absolute Gasteiger partial charge is 0.309 e. The number of unbranched alkanes of at least 4 members (excludes halogenated alkanes) is 3. The summed E-state index contributed by atoms with van der Waals surface area (Å²) in [4.78, 5) is 74.4. The molecule has 2 aromatic rings. The summed E-state index contributed by atoms with van der Waals surface area (Å²) in [5.74, 6) is -1.93. The number of aromatic nitrogens is 1.